The lowest BCUT2D eigenvalue weighted by molar-refractivity contribution is -0.137. The summed E-state index contributed by atoms with van der Waals surface area (Å²) in [4.78, 5) is 4.81. The zero-order valence-corrected chi connectivity index (χ0v) is 20.3. The van der Waals surface area contributed by atoms with Gasteiger partial charge in [0.1, 0.15) is 0 Å². The van der Waals surface area contributed by atoms with E-state index in [-0.39, 0.29) is 0 Å². The summed E-state index contributed by atoms with van der Waals surface area (Å²) in [6.07, 6.45) is 5.80. The van der Waals surface area contributed by atoms with Gasteiger partial charge in [-0.05, 0) is 54.7 Å². The van der Waals surface area contributed by atoms with Crippen molar-refractivity contribution in [1.29, 1.82) is 5.26 Å². The summed E-state index contributed by atoms with van der Waals surface area (Å²) in [5.41, 5.74) is 2.90. The summed E-state index contributed by atoms with van der Waals surface area (Å²) in [5.74, 6) is 0.596. The summed E-state index contributed by atoms with van der Waals surface area (Å²) in [5, 5.41) is 15.4. The summed E-state index contributed by atoms with van der Waals surface area (Å²) in [7, 11) is 1.86. The van der Waals surface area contributed by atoms with Crippen LogP contribution >= 0.6 is 0 Å². The number of aryl methyl sites for hydroxylation is 1. The van der Waals surface area contributed by atoms with Gasteiger partial charge in [-0.2, -0.15) is 23.5 Å². The molecule has 0 amide bonds. The number of hydrogen-bond acceptors (Lipinski definition) is 3. The molecular weight excluding hydrogens is 475 g/mol. The van der Waals surface area contributed by atoms with E-state index in [2.05, 4.69) is 9.67 Å². The molecule has 3 heterocycles. The number of alkyl halides is 3. The van der Waals surface area contributed by atoms with Gasteiger partial charge in [0.2, 0.25) is 0 Å². The van der Waals surface area contributed by atoms with Crippen LogP contribution in [-0.4, -0.2) is 19.3 Å². The molecule has 3 aromatic heterocycles. The Hall–Kier alpha value is -4.12. The van der Waals surface area contributed by atoms with Crippen LogP contribution in [0, 0.1) is 17.2 Å². The van der Waals surface area contributed by atoms with Gasteiger partial charge in [-0.15, -0.1) is 0 Å². The molecule has 2 aromatic carbocycles. The number of hydrogen-bond donors (Lipinski definition) is 0. The van der Waals surface area contributed by atoms with Crippen molar-refractivity contribution in [1.82, 2.24) is 19.3 Å². The number of aromatic nitrogens is 4. The zero-order chi connectivity index (χ0) is 25.7. The molecule has 1 aliphatic rings. The Kier molecular flexibility index (Phi) is 5.52. The van der Waals surface area contributed by atoms with Crippen molar-refractivity contribution in [2.75, 3.05) is 0 Å². The van der Waals surface area contributed by atoms with Gasteiger partial charge in [-0.3, -0.25) is 9.67 Å². The molecule has 186 valence electrons. The molecule has 0 radical (unpaired) electrons. The fourth-order valence-electron chi connectivity index (χ4n) is 5.64. The van der Waals surface area contributed by atoms with Gasteiger partial charge in [0.05, 0.1) is 46.3 Å². The summed E-state index contributed by atoms with van der Waals surface area (Å²) < 4.78 is 45.6. The van der Waals surface area contributed by atoms with E-state index in [1.165, 1.54) is 31.7 Å². The zero-order valence-electron chi connectivity index (χ0n) is 20.3. The second kappa shape index (κ2) is 8.77. The van der Waals surface area contributed by atoms with Gasteiger partial charge in [-0.25, -0.2) is 0 Å². The number of benzene rings is 2. The second-order valence-electron chi connectivity index (χ2n) is 9.81. The SMILES string of the molecule is Cn1ncc2cc(-c3ncc4c(ccn4CC4CCCC4)c3-c3ccc(C#N)c(C(F)(F)F)c3)ccc21. The minimum Gasteiger partial charge on any atom is -0.346 e. The molecule has 0 bridgehead atoms. The molecule has 0 unspecified atom stereocenters. The highest BCUT2D eigenvalue weighted by atomic mass is 19.4. The Morgan fingerprint density at radius 3 is 2.54 bits per heavy atom. The predicted molar refractivity (Wildman–Crippen MR) is 137 cm³/mol. The molecule has 37 heavy (non-hydrogen) atoms. The molecule has 1 saturated carbocycles. The first-order valence-corrected chi connectivity index (χ1v) is 12.3. The fourth-order valence-corrected chi connectivity index (χ4v) is 5.64. The summed E-state index contributed by atoms with van der Waals surface area (Å²) in [6, 6.07) is 13.4. The average Bonchev–Trinajstić information content (AvgIpc) is 3.64. The van der Waals surface area contributed by atoms with Crippen LogP contribution in [0.25, 0.3) is 44.2 Å². The van der Waals surface area contributed by atoms with E-state index >= 15 is 0 Å². The number of halogens is 3. The van der Waals surface area contributed by atoms with Gasteiger partial charge in [0, 0.05) is 41.7 Å². The first-order chi connectivity index (χ1) is 17.8. The lowest BCUT2D eigenvalue weighted by Gasteiger charge is -2.16. The second-order valence-corrected chi connectivity index (χ2v) is 9.81. The molecule has 0 saturated heterocycles. The largest absolute Gasteiger partial charge is 0.417 e. The normalized spacial score (nSPS) is 14.6. The topological polar surface area (TPSA) is 59.4 Å². The fraction of sp³-hybridized carbons (Fsp3) is 0.276. The molecule has 0 N–H and O–H groups in total. The maximum absolute atomic E-state index is 13.9. The van der Waals surface area contributed by atoms with E-state index in [0.717, 1.165) is 40.0 Å². The number of fused-ring (bicyclic) bond motifs is 2. The standard InChI is InChI=1S/C29H24F3N5/c1-36-25-9-8-20(12-22(25)15-35-36)28-27(19-6-7-21(14-33)24(13-19)29(30,31)32)23-10-11-37(26(23)16-34-28)17-18-4-2-3-5-18/h6-13,15-16,18H,2-5,17H2,1H3. The number of nitrogens with zero attached hydrogens (tertiary/aromatic N) is 5. The molecule has 0 spiro atoms. The van der Waals surface area contributed by atoms with Crippen molar-refractivity contribution < 1.29 is 13.2 Å². The van der Waals surface area contributed by atoms with Gasteiger partial charge in [0.15, 0.2) is 0 Å². The van der Waals surface area contributed by atoms with E-state index in [9.17, 15) is 18.4 Å². The van der Waals surface area contributed by atoms with Crippen LogP contribution in [0.4, 0.5) is 13.2 Å². The Morgan fingerprint density at radius 2 is 1.78 bits per heavy atom. The van der Waals surface area contributed by atoms with Crippen molar-refractivity contribution in [3.05, 3.63) is 72.2 Å². The smallest absolute Gasteiger partial charge is 0.346 e. The van der Waals surface area contributed by atoms with Crippen molar-refractivity contribution in [2.24, 2.45) is 13.0 Å². The van der Waals surface area contributed by atoms with Gasteiger partial charge < -0.3 is 4.57 Å². The Morgan fingerprint density at radius 1 is 1.00 bits per heavy atom. The highest BCUT2D eigenvalue weighted by Gasteiger charge is 2.34. The lowest BCUT2D eigenvalue weighted by Crippen LogP contribution is -2.08. The third kappa shape index (κ3) is 4.05. The van der Waals surface area contributed by atoms with E-state index in [1.54, 1.807) is 23.0 Å². The first kappa shape index (κ1) is 23.3. The highest BCUT2D eigenvalue weighted by Crippen LogP contribution is 2.41. The van der Waals surface area contributed by atoms with Crippen molar-refractivity contribution in [3.63, 3.8) is 0 Å². The molecule has 1 fully saturated rings. The molecule has 1 aliphatic carbocycles. The van der Waals surface area contributed by atoms with E-state index in [4.69, 9.17) is 4.98 Å². The maximum atomic E-state index is 13.9. The number of pyridine rings is 1. The van der Waals surface area contributed by atoms with E-state index in [1.807, 2.05) is 43.7 Å². The van der Waals surface area contributed by atoms with E-state index < -0.39 is 17.3 Å². The van der Waals surface area contributed by atoms with Crippen molar-refractivity contribution in [2.45, 2.75) is 38.4 Å². The first-order valence-electron chi connectivity index (χ1n) is 12.3. The molecule has 5 aromatic rings. The number of rotatable bonds is 4. The quantitative estimate of drug-likeness (QED) is 0.260. The maximum Gasteiger partial charge on any atom is 0.417 e. The molecule has 5 nitrogen and oxygen atoms in total. The Labute approximate surface area is 211 Å². The minimum absolute atomic E-state index is 0.379. The van der Waals surface area contributed by atoms with Gasteiger partial charge in [0.25, 0.3) is 0 Å². The molecule has 0 aliphatic heterocycles. The third-order valence-corrected chi connectivity index (χ3v) is 7.51. The lowest BCUT2D eigenvalue weighted by atomic mass is 9.93. The van der Waals surface area contributed by atoms with Gasteiger partial charge in [-0.1, -0.05) is 25.0 Å². The predicted octanol–water partition coefficient (Wildman–Crippen LogP) is 7.34. The third-order valence-electron chi connectivity index (χ3n) is 7.51. The van der Waals surface area contributed by atoms with Crippen LogP contribution in [0.2, 0.25) is 0 Å². The average molecular weight is 500 g/mol. The van der Waals surface area contributed by atoms with Crippen molar-refractivity contribution >= 4 is 21.8 Å². The molecule has 0 atom stereocenters. The van der Waals surface area contributed by atoms with E-state index in [0.29, 0.717) is 22.7 Å². The molecule has 6 rings (SSSR count). The molecule has 8 heteroatoms. The van der Waals surface area contributed by atoms with Crippen LogP contribution in [0.15, 0.2) is 61.1 Å². The monoisotopic (exact) mass is 499 g/mol. The van der Waals surface area contributed by atoms with Crippen molar-refractivity contribution in [3.8, 4) is 28.5 Å². The number of nitriles is 1. The molecular formula is C29H24F3N5. The van der Waals surface area contributed by atoms with Gasteiger partial charge >= 0.3 is 6.18 Å². The van der Waals surface area contributed by atoms with Crippen LogP contribution in [-0.2, 0) is 19.8 Å². The Balaban J connectivity index is 1.59. The van der Waals surface area contributed by atoms with Crippen LogP contribution < -0.4 is 0 Å². The van der Waals surface area contributed by atoms with Crippen LogP contribution in [0.5, 0.6) is 0 Å². The minimum atomic E-state index is -4.65. The Bertz CT molecular complexity index is 1680. The van der Waals surface area contributed by atoms with Crippen LogP contribution in [0.3, 0.4) is 0 Å². The summed E-state index contributed by atoms with van der Waals surface area (Å²) >= 11 is 0. The summed E-state index contributed by atoms with van der Waals surface area (Å²) in [6.45, 7) is 0.868. The highest BCUT2D eigenvalue weighted by molar-refractivity contribution is 6.02. The van der Waals surface area contributed by atoms with Crippen LogP contribution in [0.1, 0.15) is 36.8 Å².